The molecule has 6 heteroatoms. The van der Waals surface area contributed by atoms with Crippen molar-refractivity contribution in [2.45, 2.75) is 18.9 Å². The second-order valence-corrected chi connectivity index (χ2v) is 6.39. The third-order valence-corrected chi connectivity index (χ3v) is 5.03. The first-order chi connectivity index (χ1) is 8.06. The fourth-order valence-corrected chi connectivity index (χ4v) is 3.33. The van der Waals surface area contributed by atoms with Crippen molar-refractivity contribution >= 4 is 38.9 Å². The predicted molar refractivity (Wildman–Crippen MR) is 73.5 cm³/mol. The molecular weight excluding hydrogens is 324 g/mol. The Kier molecular flexibility index (Phi) is 4.25. The van der Waals surface area contributed by atoms with E-state index in [1.807, 2.05) is 25.5 Å². The number of halogens is 2. The Morgan fingerprint density at radius 2 is 2.41 bits per heavy atom. The number of aromatic nitrogens is 2. The summed E-state index contributed by atoms with van der Waals surface area (Å²) in [5, 5.41) is 14.1. The van der Waals surface area contributed by atoms with Gasteiger partial charge in [0.25, 0.3) is 0 Å². The Labute approximate surface area is 117 Å². The summed E-state index contributed by atoms with van der Waals surface area (Å²) in [7, 11) is 1.89. The van der Waals surface area contributed by atoms with Crippen molar-refractivity contribution in [3.63, 3.8) is 0 Å². The number of thiophene rings is 1. The van der Waals surface area contributed by atoms with Gasteiger partial charge in [-0.05, 0) is 40.4 Å². The molecule has 0 amide bonds. The standard InChI is InChI=1S/C11H12BrClN2OS/c1-15-6-7(5-14-15)2-3-9(16)10-4-8(12)11(13)17-10/h4-6,9,16H,2-3H2,1H3. The zero-order valence-electron chi connectivity index (χ0n) is 9.23. The summed E-state index contributed by atoms with van der Waals surface area (Å²) >= 11 is 10.7. The van der Waals surface area contributed by atoms with E-state index < -0.39 is 6.10 Å². The van der Waals surface area contributed by atoms with Crippen molar-refractivity contribution in [2.24, 2.45) is 7.05 Å². The van der Waals surface area contributed by atoms with E-state index in [1.54, 1.807) is 4.68 Å². The lowest BCUT2D eigenvalue weighted by atomic mass is 10.1. The molecule has 0 saturated carbocycles. The smallest absolute Gasteiger partial charge is 0.107 e. The number of hydrogen-bond acceptors (Lipinski definition) is 3. The molecular formula is C11H12BrClN2OS. The zero-order valence-corrected chi connectivity index (χ0v) is 12.4. The van der Waals surface area contributed by atoms with Crippen LogP contribution in [0.2, 0.25) is 4.34 Å². The molecule has 3 nitrogen and oxygen atoms in total. The van der Waals surface area contributed by atoms with Crippen LogP contribution in [-0.4, -0.2) is 14.9 Å². The van der Waals surface area contributed by atoms with Crippen molar-refractivity contribution in [1.82, 2.24) is 9.78 Å². The number of nitrogens with zero attached hydrogens (tertiary/aromatic N) is 2. The fourth-order valence-electron chi connectivity index (χ4n) is 1.57. The molecule has 2 aromatic rings. The van der Waals surface area contributed by atoms with Crippen LogP contribution in [0.4, 0.5) is 0 Å². The van der Waals surface area contributed by atoms with Gasteiger partial charge in [-0.2, -0.15) is 5.10 Å². The maximum absolute atomic E-state index is 10.0. The monoisotopic (exact) mass is 334 g/mol. The molecule has 0 aliphatic carbocycles. The van der Waals surface area contributed by atoms with Gasteiger partial charge in [0, 0.05) is 22.6 Å². The fraction of sp³-hybridized carbons (Fsp3) is 0.364. The van der Waals surface area contributed by atoms with Crippen LogP contribution in [0.5, 0.6) is 0 Å². The summed E-state index contributed by atoms with van der Waals surface area (Å²) in [6.45, 7) is 0. The van der Waals surface area contributed by atoms with E-state index >= 15 is 0 Å². The summed E-state index contributed by atoms with van der Waals surface area (Å²) in [4.78, 5) is 0.894. The van der Waals surface area contributed by atoms with E-state index in [9.17, 15) is 5.11 Å². The molecule has 1 N–H and O–H groups in total. The SMILES string of the molecule is Cn1cc(CCC(O)c2cc(Br)c(Cl)s2)cn1. The molecule has 0 aliphatic heterocycles. The lowest BCUT2D eigenvalue weighted by molar-refractivity contribution is 0.171. The van der Waals surface area contributed by atoms with Crippen LogP contribution in [0.15, 0.2) is 22.9 Å². The van der Waals surface area contributed by atoms with Crippen LogP contribution in [0, 0.1) is 0 Å². The minimum Gasteiger partial charge on any atom is -0.388 e. The highest BCUT2D eigenvalue weighted by Crippen LogP contribution is 2.36. The van der Waals surface area contributed by atoms with Gasteiger partial charge in [-0.1, -0.05) is 11.6 Å². The molecule has 0 fully saturated rings. The van der Waals surface area contributed by atoms with Crippen LogP contribution < -0.4 is 0 Å². The van der Waals surface area contributed by atoms with Crippen LogP contribution in [0.1, 0.15) is 23.0 Å². The molecule has 1 unspecified atom stereocenters. The number of hydrogen-bond donors (Lipinski definition) is 1. The number of aliphatic hydroxyl groups is 1. The van der Waals surface area contributed by atoms with Gasteiger partial charge in [0.2, 0.25) is 0 Å². The van der Waals surface area contributed by atoms with Gasteiger partial charge < -0.3 is 5.11 Å². The number of aryl methyl sites for hydroxylation is 2. The molecule has 92 valence electrons. The van der Waals surface area contributed by atoms with E-state index in [0.717, 1.165) is 21.3 Å². The van der Waals surface area contributed by atoms with Gasteiger partial charge in [0.1, 0.15) is 4.34 Å². The molecule has 2 rings (SSSR count). The van der Waals surface area contributed by atoms with Crippen molar-refractivity contribution in [1.29, 1.82) is 0 Å². The topological polar surface area (TPSA) is 38.0 Å². The molecule has 0 radical (unpaired) electrons. The van der Waals surface area contributed by atoms with Crippen LogP contribution >= 0.6 is 38.9 Å². The summed E-state index contributed by atoms with van der Waals surface area (Å²) in [5.41, 5.74) is 1.13. The van der Waals surface area contributed by atoms with Crippen molar-refractivity contribution in [2.75, 3.05) is 0 Å². The zero-order chi connectivity index (χ0) is 12.4. The minimum atomic E-state index is -0.469. The van der Waals surface area contributed by atoms with Crippen molar-refractivity contribution < 1.29 is 5.11 Å². The lowest BCUT2D eigenvalue weighted by Gasteiger charge is -2.06. The predicted octanol–water partition coefficient (Wildman–Crippen LogP) is 3.56. The number of rotatable bonds is 4. The Hall–Kier alpha value is -0.360. The molecule has 0 bridgehead atoms. The van der Waals surface area contributed by atoms with E-state index in [0.29, 0.717) is 10.8 Å². The molecule has 0 spiro atoms. The van der Waals surface area contributed by atoms with E-state index in [1.165, 1.54) is 11.3 Å². The highest BCUT2D eigenvalue weighted by Gasteiger charge is 2.13. The second-order valence-electron chi connectivity index (χ2n) is 3.85. The molecule has 2 aromatic heterocycles. The molecule has 1 atom stereocenters. The third kappa shape index (κ3) is 3.31. The molecule has 0 aromatic carbocycles. The summed E-state index contributed by atoms with van der Waals surface area (Å²) in [5.74, 6) is 0. The highest BCUT2D eigenvalue weighted by atomic mass is 79.9. The van der Waals surface area contributed by atoms with E-state index in [2.05, 4.69) is 21.0 Å². The highest BCUT2D eigenvalue weighted by molar-refractivity contribution is 9.10. The first kappa shape index (κ1) is 13.1. The molecule has 2 heterocycles. The molecule has 0 saturated heterocycles. The molecule has 17 heavy (non-hydrogen) atoms. The van der Waals surface area contributed by atoms with Crippen LogP contribution in [-0.2, 0) is 13.5 Å². The Morgan fingerprint density at radius 3 is 2.94 bits per heavy atom. The molecule has 0 aliphatic rings. The summed E-state index contributed by atoms with van der Waals surface area (Å²) < 4.78 is 3.29. The lowest BCUT2D eigenvalue weighted by Crippen LogP contribution is -1.96. The quantitative estimate of drug-likeness (QED) is 0.927. The summed E-state index contributed by atoms with van der Waals surface area (Å²) in [6, 6.07) is 1.88. The Morgan fingerprint density at radius 1 is 1.65 bits per heavy atom. The van der Waals surface area contributed by atoms with Gasteiger partial charge in [0.15, 0.2) is 0 Å². The van der Waals surface area contributed by atoms with Crippen molar-refractivity contribution in [3.05, 3.63) is 37.7 Å². The largest absolute Gasteiger partial charge is 0.388 e. The van der Waals surface area contributed by atoms with Gasteiger partial charge >= 0.3 is 0 Å². The summed E-state index contributed by atoms with van der Waals surface area (Å²) in [6.07, 6.45) is 4.80. The normalized spacial score (nSPS) is 12.9. The van der Waals surface area contributed by atoms with Crippen LogP contribution in [0.3, 0.4) is 0 Å². The maximum atomic E-state index is 10.0. The van der Waals surface area contributed by atoms with Gasteiger partial charge in [-0.25, -0.2) is 0 Å². The Balaban J connectivity index is 1.95. The average Bonchev–Trinajstić information content (AvgIpc) is 2.83. The first-order valence-electron chi connectivity index (χ1n) is 5.16. The average molecular weight is 336 g/mol. The van der Waals surface area contributed by atoms with Crippen molar-refractivity contribution in [3.8, 4) is 0 Å². The van der Waals surface area contributed by atoms with Gasteiger partial charge in [-0.15, -0.1) is 11.3 Å². The maximum Gasteiger partial charge on any atom is 0.107 e. The Bertz CT molecular complexity index is 492. The van der Waals surface area contributed by atoms with Gasteiger partial charge in [0.05, 0.1) is 12.3 Å². The first-order valence-corrected chi connectivity index (χ1v) is 7.15. The minimum absolute atomic E-state index is 0.469. The van der Waals surface area contributed by atoms with E-state index in [-0.39, 0.29) is 0 Å². The second kappa shape index (κ2) is 5.52. The van der Waals surface area contributed by atoms with Crippen LogP contribution in [0.25, 0.3) is 0 Å². The van der Waals surface area contributed by atoms with E-state index in [4.69, 9.17) is 11.6 Å². The van der Waals surface area contributed by atoms with Gasteiger partial charge in [-0.3, -0.25) is 4.68 Å². The third-order valence-electron chi connectivity index (χ3n) is 2.46. The number of aliphatic hydroxyl groups excluding tert-OH is 1.